The Hall–Kier alpha value is -0.930. The van der Waals surface area contributed by atoms with Crippen molar-refractivity contribution in [3.63, 3.8) is 0 Å². The second-order valence-corrected chi connectivity index (χ2v) is 3.51. The lowest BCUT2D eigenvalue weighted by molar-refractivity contribution is 0.268. The van der Waals surface area contributed by atoms with Gasteiger partial charge < -0.3 is 14.9 Å². The maximum atomic E-state index is 9.58. The SMILES string of the molecule is COc1c(C(C)CO)ccc(Cl)c1O. The number of rotatable bonds is 3. The standard InChI is InChI=1S/C10H13ClO3/c1-6(5-12)7-3-4-8(11)9(13)10(7)14-2/h3-4,6,12-13H,5H2,1-2H3. The van der Waals surface area contributed by atoms with Crippen molar-refractivity contribution in [1.29, 1.82) is 0 Å². The molecular weight excluding hydrogens is 204 g/mol. The summed E-state index contributed by atoms with van der Waals surface area (Å²) in [7, 11) is 1.46. The summed E-state index contributed by atoms with van der Waals surface area (Å²) in [6.45, 7) is 1.84. The number of phenols is 1. The van der Waals surface area contributed by atoms with Crippen LogP contribution in [0.15, 0.2) is 12.1 Å². The quantitative estimate of drug-likeness (QED) is 0.814. The van der Waals surface area contributed by atoms with Crippen molar-refractivity contribution in [3.8, 4) is 11.5 Å². The van der Waals surface area contributed by atoms with Crippen LogP contribution in [0.1, 0.15) is 18.4 Å². The molecule has 78 valence electrons. The van der Waals surface area contributed by atoms with E-state index in [0.29, 0.717) is 5.75 Å². The van der Waals surface area contributed by atoms with E-state index in [1.54, 1.807) is 12.1 Å². The molecule has 0 aliphatic heterocycles. The highest BCUT2D eigenvalue weighted by Crippen LogP contribution is 2.39. The predicted molar refractivity (Wildman–Crippen MR) is 55.2 cm³/mol. The Labute approximate surface area is 87.9 Å². The third-order valence-corrected chi connectivity index (χ3v) is 2.43. The zero-order valence-corrected chi connectivity index (χ0v) is 8.88. The summed E-state index contributed by atoms with van der Waals surface area (Å²) in [6, 6.07) is 3.32. The van der Waals surface area contributed by atoms with Gasteiger partial charge in [-0.2, -0.15) is 0 Å². The molecule has 0 amide bonds. The number of hydrogen-bond donors (Lipinski definition) is 2. The number of halogens is 1. The number of aromatic hydroxyl groups is 1. The molecule has 1 aromatic rings. The highest BCUT2D eigenvalue weighted by Gasteiger charge is 2.16. The van der Waals surface area contributed by atoms with Gasteiger partial charge in [-0.15, -0.1) is 0 Å². The zero-order valence-electron chi connectivity index (χ0n) is 8.12. The highest BCUT2D eigenvalue weighted by molar-refractivity contribution is 6.32. The molecule has 0 fully saturated rings. The van der Waals surface area contributed by atoms with Gasteiger partial charge in [0, 0.05) is 18.1 Å². The monoisotopic (exact) mass is 216 g/mol. The molecule has 0 heterocycles. The smallest absolute Gasteiger partial charge is 0.177 e. The molecule has 0 saturated carbocycles. The highest BCUT2D eigenvalue weighted by atomic mass is 35.5. The van der Waals surface area contributed by atoms with Crippen LogP contribution in [0.5, 0.6) is 11.5 Å². The Kier molecular flexibility index (Phi) is 3.61. The molecule has 0 spiro atoms. The zero-order chi connectivity index (χ0) is 10.7. The molecule has 0 saturated heterocycles. The number of methoxy groups -OCH3 is 1. The fraction of sp³-hybridized carbons (Fsp3) is 0.400. The Morgan fingerprint density at radius 1 is 1.50 bits per heavy atom. The van der Waals surface area contributed by atoms with E-state index >= 15 is 0 Å². The van der Waals surface area contributed by atoms with Gasteiger partial charge in [-0.05, 0) is 6.07 Å². The minimum atomic E-state index is -0.0897. The number of phenolic OH excluding ortho intramolecular Hbond substituents is 1. The summed E-state index contributed by atoms with van der Waals surface area (Å²) in [5, 5.41) is 18.8. The summed E-state index contributed by atoms with van der Waals surface area (Å²) in [5.41, 5.74) is 0.747. The van der Waals surface area contributed by atoms with Crippen LogP contribution in [0.25, 0.3) is 0 Å². The summed E-state index contributed by atoms with van der Waals surface area (Å²) in [5.74, 6) is 0.166. The van der Waals surface area contributed by atoms with Crippen LogP contribution < -0.4 is 4.74 Å². The van der Waals surface area contributed by atoms with Crippen molar-refractivity contribution in [2.45, 2.75) is 12.8 Å². The molecule has 0 aliphatic rings. The first-order chi connectivity index (χ1) is 6.61. The third kappa shape index (κ3) is 1.94. The molecule has 1 unspecified atom stereocenters. The topological polar surface area (TPSA) is 49.7 Å². The second-order valence-electron chi connectivity index (χ2n) is 3.10. The Balaban J connectivity index is 3.23. The van der Waals surface area contributed by atoms with E-state index < -0.39 is 0 Å². The van der Waals surface area contributed by atoms with E-state index in [2.05, 4.69) is 0 Å². The van der Waals surface area contributed by atoms with Crippen molar-refractivity contribution in [1.82, 2.24) is 0 Å². The predicted octanol–water partition coefficient (Wildman–Crippen LogP) is 2.15. The molecule has 4 heteroatoms. The Bertz CT molecular complexity index is 325. The molecule has 0 radical (unpaired) electrons. The van der Waals surface area contributed by atoms with Crippen LogP contribution in [-0.2, 0) is 0 Å². The van der Waals surface area contributed by atoms with Gasteiger partial charge in [0.15, 0.2) is 11.5 Å². The normalized spacial score (nSPS) is 12.6. The average Bonchev–Trinajstić information content (AvgIpc) is 2.20. The average molecular weight is 217 g/mol. The first kappa shape index (κ1) is 11.1. The second kappa shape index (κ2) is 4.53. The van der Waals surface area contributed by atoms with E-state index in [0.717, 1.165) is 5.56 Å². The summed E-state index contributed by atoms with van der Waals surface area (Å²) in [4.78, 5) is 0. The van der Waals surface area contributed by atoms with Gasteiger partial charge in [-0.25, -0.2) is 0 Å². The summed E-state index contributed by atoms with van der Waals surface area (Å²) in [6.07, 6.45) is 0. The van der Waals surface area contributed by atoms with E-state index in [4.69, 9.17) is 21.4 Å². The molecule has 1 rings (SSSR count). The Morgan fingerprint density at radius 3 is 2.64 bits per heavy atom. The third-order valence-electron chi connectivity index (χ3n) is 2.12. The van der Waals surface area contributed by atoms with E-state index in [9.17, 15) is 5.11 Å². The number of hydrogen-bond acceptors (Lipinski definition) is 3. The molecular formula is C10H13ClO3. The fourth-order valence-electron chi connectivity index (χ4n) is 1.26. The van der Waals surface area contributed by atoms with E-state index in [1.807, 2.05) is 6.92 Å². The molecule has 3 nitrogen and oxygen atoms in total. The van der Waals surface area contributed by atoms with Crippen molar-refractivity contribution in [2.75, 3.05) is 13.7 Å². The van der Waals surface area contributed by atoms with Gasteiger partial charge in [-0.1, -0.05) is 24.6 Å². The van der Waals surface area contributed by atoms with Crippen molar-refractivity contribution >= 4 is 11.6 Å². The van der Waals surface area contributed by atoms with Crippen LogP contribution in [0.4, 0.5) is 0 Å². The maximum absolute atomic E-state index is 9.58. The van der Waals surface area contributed by atoms with Crippen LogP contribution >= 0.6 is 11.6 Å². The lowest BCUT2D eigenvalue weighted by Gasteiger charge is -2.15. The molecule has 14 heavy (non-hydrogen) atoms. The molecule has 1 aromatic carbocycles. The van der Waals surface area contributed by atoms with Gasteiger partial charge in [0.2, 0.25) is 0 Å². The van der Waals surface area contributed by atoms with Crippen LogP contribution in [0.3, 0.4) is 0 Å². The van der Waals surface area contributed by atoms with Gasteiger partial charge in [0.25, 0.3) is 0 Å². The first-order valence-electron chi connectivity index (χ1n) is 4.28. The van der Waals surface area contributed by atoms with Crippen LogP contribution in [0, 0.1) is 0 Å². The number of aliphatic hydroxyl groups is 1. The Morgan fingerprint density at radius 2 is 2.14 bits per heavy atom. The summed E-state index contributed by atoms with van der Waals surface area (Å²) < 4.78 is 5.03. The molecule has 2 N–H and O–H groups in total. The minimum Gasteiger partial charge on any atom is -0.503 e. The largest absolute Gasteiger partial charge is 0.503 e. The summed E-state index contributed by atoms with van der Waals surface area (Å²) >= 11 is 5.72. The number of ether oxygens (including phenoxy) is 1. The maximum Gasteiger partial charge on any atom is 0.177 e. The van der Waals surface area contributed by atoms with Crippen molar-refractivity contribution in [2.24, 2.45) is 0 Å². The van der Waals surface area contributed by atoms with Gasteiger partial charge in [-0.3, -0.25) is 0 Å². The van der Waals surface area contributed by atoms with Crippen molar-refractivity contribution < 1.29 is 14.9 Å². The van der Waals surface area contributed by atoms with Crippen LogP contribution in [-0.4, -0.2) is 23.9 Å². The molecule has 0 bridgehead atoms. The molecule has 1 atom stereocenters. The molecule has 0 aliphatic carbocycles. The van der Waals surface area contributed by atoms with Crippen molar-refractivity contribution in [3.05, 3.63) is 22.7 Å². The van der Waals surface area contributed by atoms with E-state index in [1.165, 1.54) is 7.11 Å². The van der Waals surface area contributed by atoms with Crippen LogP contribution in [0.2, 0.25) is 5.02 Å². The van der Waals surface area contributed by atoms with Gasteiger partial charge in [0.05, 0.1) is 12.1 Å². The lowest BCUT2D eigenvalue weighted by atomic mass is 10.0. The first-order valence-corrected chi connectivity index (χ1v) is 4.65. The van der Waals surface area contributed by atoms with E-state index in [-0.39, 0.29) is 23.3 Å². The minimum absolute atomic E-state index is 0.00255. The number of benzene rings is 1. The van der Waals surface area contributed by atoms with Gasteiger partial charge >= 0.3 is 0 Å². The lowest BCUT2D eigenvalue weighted by Crippen LogP contribution is -2.02. The number of aliphatic hydroxyl groups excluding tert-OH is 1. The molecule has 0 aromatic heterocycles. The fourth-order valence-corrected chi connectivity index (χ4v) is 1.41. The van der Waals surface area contributed by atoms with Gasteiger partial charge in [0.1, 0.15) is 0 Å².